The van der Waals surface area contributed by atoms with Crippen LogP contribution in [0.25, 0.3) is 0 Å². The molecule has 0 radical (unpaired) electrons. The lowest BCUT2D eigenvalue weighted by Crippen LogP contribution is -2.39. The quantitative estimate of drug-likeness (QED) is 0.106. The van der Waals surface area contributed by atoms with Crippen molar-refractivity contribution in [2.45, 2.75) is 72.9 Å². The molecule has 0 aliphatic carbocycles. The average Bonchev–Trinajstić information content (AvgIpc) is 3.39. The minimum Gasteiger partial charge on any atom is -0.400 e. The minimum absolute atomic E-state index is 0.150. The van der Waals surface area contributed by atoms with E-state index < -0.39 is 0 Å². The van der Waals surface area contributed by atoms with Gasteiger partial charge in [-0.1, -0.05) is 55.8 Å². The molecule has 1 fully saturated rings. The summed E-state index contributed by atoms with van der Waals surface area (Å²) in [6, 6.07) is 15.7. The molecule has 1 heterocycles. The second kappa shape index (κ2) is 22.2. The lowest BCUT2D eigenvalue weighted by atomic mass is 10.2. The van der Waals surface area contributed by atoms with Gasteiger partial charge in [0, 0.05) is 54.0 Å². The summed E-state index contributed by atoms with van der Waals surface area (Å²) in [6.07, 6.45) is 8.48. The van der Waals surface area contributed by atoms with Crippen LogP contribution in [-0.2, 0) is 6.54 Å². The number of hydrogen-bond acceptors (Lipinski definition) is 7. The Balaban J connectivity index is 0.000000371. The van der Waals surface area contributed by atoms with Crippen LogP contribution in [0.15, 0.2) is 72.2 Å². The molecule has 0 bridgehead atoms. The highest BCUT2D eigenvalue weighted by atomic mass is 35.5. The van der Waals surface area contributed by atoms with E-state index in [0.29, 0.717) is 19.1 Å². The second-order valence-electron chi connectivity index (χ2n) is 10.7. The maximum Gasteiger partial charge on any atom is 0.315 e. The topological polar surface area (TPSA) is 138 Å². The van der Waals surface area contributed by atoms with E-state index in [2.05, 4.69) is 52.7 Å². The number of nitrogens with zero attached hydrogens (tertiary/aromatic N) is 2. The number of amides is 2. The Labute approximate surface area is 264 Å². The summed E-state index contributed by atoms with van der Waals surface area (Å²) in [4.78, 5) is 16.6. The largest absolute Gasteiger partial charge is 0.400 e. The molecule has 0 saturated carbocycles. The third kappa shape index (κ3) is 16.7. The van der Waals surface area contributed by atoms with Crippen LogP contribution in [0.4, 0.5) is 10.5 Å². The van der Waals surface area contributed by atoms with Gasteiger partial charge in [0.1, 0.15) is 0 Å². The predicted molar refractivity (Wildman–Crippen MR) is 183 cm³/mol. The first kappa shape index (κ1) is 37.6. The van der Waals surface area contributed by atoms with Gasteiger partial charge in [-0.25, -0.2) is 4.79 Å². The van der Waals surface area contributed by atoms with Gasteiger partial charge in [-0.05, 0) is 94.9 Å². The van der Waals surface area contributed by atoms with E-state index in [4.69, 9.17) is 28.9 Å². The number of rotatable bonds is 12. The molecule has 3 rings (SSSR count). The third-order valence-electron chi connectivity index (χ3n) is 6.85. The average molecular weight is 615 g/mol. The number of nitrogen functional groups attached to an aromatic ring is 1. The van der Waals surface area contributed by atoms with Gasteiger partial charge in [0.25, 0.3) is 0 Å². The Kier molecular flexibility index (Phi) is 19.4. The van der Waals surface area contributed by atoms with Gasteiger partial charge in [-0.2, -0.15) is 0 Å². The Morgan fingerprint density at radius 1 is 1.12 bits per heavy atom. The number of nitrogens with one attached hydrogen (secondary N) is 3. The van der Waals surface area contributed by atoms with Gasteiger partial charge in [0.2, 0.25) is 0 Å². The maximum absolute atomic E-state index is 11.9. The molecule has 1 atom stereocenters. The van der Waals surface area contributed by atoms with Crippen LogP contribution in [-0.4, -0.2) is 54.6 Å². The number of carbonyl (C=O) groups excluding carboxylic acids is 1. The highest BCUT2D eigenvalue weighted by molar-refractivity contribution is 6.30. The summed E-state index contributed by atoms with van der Waals surface area (Å²) in [7, 11) is 0. The zero-order valence-corrected chi connectivity index (χ0v) is 27.6. The van der Waals surface area contributed by atoms with Gasteiger partial charge in [-0.15, -0.1) is 0 Å². The van der Waals surface area contributed by atoms with E-state index in [9.17, 15) is 4.79 Å². The molecule has 2 amide bonds. The van der Waals surface area contributed by atoms with Crippen LogP contribution in [0.2, 0.25) is 5.02 Å². The zero-order chi connectivity index (χ0) is 32.0. The van der Waals surface area contributed by atoms with Crippen molar-refractivity contribution in [2.24, 2.45) is 11.6 Å². The van der Waals surface area contributed by atoms with Crippen LogP contribution in [0.5, 0.6) is 0 Å². The number of likely N-dealkylation sites (tertiary alicyclic amines) is 1. The zero-order valence-electron chi connectivity index (χ0n) is 26.8. The minimum atomic E-state index is -0.150. The molecule has 2 aromatic rings. The van der Waals surface area contributed by atoms with Gasteiger partial charge >= 0.3 is 6.03 Å². The standard InChI is InChI=1S/C17H26N4O.C9H22N4.C7H7Cl/c1-3-16(21-10-4-5-13(21)2)12-20-17(22)19-11-14-6-8-15(18)9-7-14;1-3-5-13(6-4-2)8-9(10)7-12-11;1-6-3-2-4-7(8)5-6/h3,6-9,13H,4-5,10-12,18H2,1-2H3,(H2,19,20,22);7,12H,3-6,8,10-11H2,1-2H3;2-5H,1H3/b;9-7-;/t13-;;/m0../s1. The molecule has 43 heavy (non-hydrogen) atoms. The number of aryl methyl sites for hydroxylation is 1. The molecule has 1 aliphatic rings. The molecule has 9 N–H and O–H groups in total. The highest BCUT2D eigenvalue weighted by Gasteiger charge is 2.21. The number of carbonyl (C=O) groups is 1. The molecule has 1 saturated heterocycles. The number of hydrazine groups is 1. The van der Waals surface area contributed by atoms with Crippen LogP contribution in [0, 0.1) is 6.92 Å². The van der Waals surface area contributed by atoms with E-state index in [1.54, 1.807) is 6.20 Å². The fourth-order valence-electron chi connectivity index (χ4n) is 4.70. The summed E-state index contributed by atoms with van der Waals surface area (Å²) in [6.45, 7) is 15.7. The van der Waals surface area contributed by atoms with Gasteiger partial charge < -0.3 is 32.4 Å². The number of anilines is 1. The van der Waals surface area contributed by atoms with Gasteiger partial charge in [0.05, 0.1) is 6.54 Å². The Bertz CT molecular complexity index is 1080. The SMILES string of the molecule is CC=C(CNC(=O)NCc1ccc(N)cc1)N1CCC[C@@H]1C.CCCN(CCC)C/C(N)=C/NN.Cc1cccc(Cl)c1. The predicted octanol–water partition coefficient (Wildman–Crippen LogP) is 5.48. The molecule has 0 spiro atoms. The Morgan fingerprint density at radius 3 is 2.28 bits per heavy atom. The van der Waals surface area contributed by atoms with Crippen LogP contribution < -0.4 is 33.4 Å². The number of hydrogen-bond donors (Lipinski definition) is 6. The van der Waals surface area contributed by atoms with E-state index in [1.165, 1.54) is 24.1 Å². The fraction of sp³-hybridized carbons (Fsp3) is 0.485. The third-order valence-corrected chi connectivity index (χ3v) is 7.09. The molecule has 0 aromatic heterocycles. The van der Waals surface area contributed by atoms with Crippen molar-refractivity contribution < 1.29 is 4.79 Å². The van der Waals surface area contributed by atoms with Crippen molar-refractivity contribution in [3.05, 3.63) is 88.4 Å². The number of allylic oxidation sites excluding steroid dienone is 1. The van der Waals surface area contributed by atoms with Crippen LogP contribution in [0.3, 0.4) is 0 Å². The molecule has 240 valence electrons. The van der Waals surface area contributed by atoms with Gasteiger partial charge in [0.15, 0.2) is 0 Å². The van der Waals surface area contributed by atoms with Crippen molar-refractivity contribution in [1.82, 2.24) is 25.9 Å². The molecule has 9 nitrogen and oxygen atoms in total. The maximum atomic E-state index is 11.9. The van der Waals surface area contributed by atoms with Gasteiger partial charge in [-0.3, -0.25) is 10.7 Å². The fourth-order valence-corrected chi connectivity index (χ4v) is 4.94. The molecular formula is C33H55ClN8O. The Morgan fingerprint density at radius 2 is 1.79 bits per heavy atom. The summed E-state index contributed by atoms with van der Waals surface area (Å²) < 4.78 is 0. The number of benzene rings is 2. The molecule has 1 aliphatic heterocycles. The van der Waals surface area contributed by atoms with Crippen LogP contribution in [0.1, 0.15) is 64.5 Å². The first-order valence-corrected chi connectivity index (χ1v) is 15.6. The normalized spacial score (nSPS) is 14.8. The van der Waals surface area contributed by atoms with Crippen LogP contribution >= 0.6 is 11.6 Å². The lowest BCUT2D eigenvalue weighted by molar-refractivity contribution is 0.239. The highest BCUT2D eigenvalue weighted by Crippen LogP contribution is 2.21. The van der Waals surface area contributed by atoms with Crippen molar-refractivity contribution in [3.63, 3.8) is 0 Å². The lowest BCUT2D eigenvalue weighted by Gasteiger charge is -2.27. The van der Waals surface area contributed by atoms with Crippen molar-refractivity contribution in [2.75, 3.05) is 38.5 Å². The number of urea groups is 1. The van der Waals surface area contributed by atoms with E-state index >= 15 is 0 Å². The summed E-state index contributed by atoms with van der Waals surface area (Å²) in [5.41, 5.74) is 18.7. The molecule has 0 unspecified atom stereocenters. The molecular weight excluding hydrogens is 560 g/mol. The monoisotopic (exact) mass is 614 g/mol. The summed E-state index contributed by atoms with van der Waals surface area (Å²) in [5, 5.41) is 6.60. The smallest absolute Gasteiger partial charge is 0.315 e. The van der Waals surface area contributed by atoms with E-state index in [0.717, 1.165) is 61.0 Å². The number of halogens is 1. The second-order valence-corrected chi connectivity index (χ2v) is 11.1. The summed E-state index contributed by atoms with van der Waals surface area (Å²) >= 11 is 5.64. The van der Waals surface area contributed by atoms with E-state index in [1.807, 2.05) is 62.4 Å². The first-order chi connectivity index (χ1) is 20.6. The summed E-state index contributed by atoms with van der Waals surface area (Å²) in [5.74, 6) is 5.13. The molecule has 2 aromatic carbocycles. The van der Waals surface area contributed by atoms with Crippen molar-refractivity contribution in [3.8, 4) is 0 Å². The number of nitrogens with two attached hydrogens (primary N) is 3. The van der Waals surface area contributed by atoms with Crippen molar-refractivity contribution in [1.29, 1.82) is 0 Å². The Hall–Kier alpha value is -3.40. The van der Waals surface area contributed by atoms with E-state index in [-0.39, 0.29) is 6.03 Å². The molecule has 10 heteroatoms. The first-order valence-electron chi connectivity index (χ1n) is 15.3. The van der Waals surface area contributed by atoms with Crippen molar-refractivity contribution >= 4 is 23.3 Å².